The molecule has 1 aromatic rings. The van der Waals surface area contributed by atoms with Crippen molar-refractivity contribution in [1.82, 2.24) is 9.80 Å². The number of nitrogens with zero attached hydrogens (tertiary/aromatic N) is 2. The van der Waals surface area contributed by atoms with Crippen molar-refractivity contribution in [1.29, 1.82) is 0 Å². The van der Waals surface area contributed by atoms with E-state index in [-0.39, 0.29) is 0 Å². The van der Waals surface area contributed by atoms with Crippen molar-refractivity contribution in [2.45, 2.75) is 19.4 Å². The molecule has 0 N–H and O–H groups in total. The molecule has 0 spiro atoms. The highest BCUT2D eigenvalue weighted by atomic mass is 16.5. The fourth-order valence-electron chi connectivity index (χ4n) is 3.04. The monoisotopic (exact) mass is 290 g/mol. The zero-order valence-electron chi connectivity index (χ0n) is 13.3. The summed E-state index contributed by atoms with van der Waals surface area (Å²) in [7, 11) is 6.01. The number of benzene rings is 1. The van der Waals surface area contributed by atoms with Crippen LogP contribution in [0.1, 0.15) is 28.8 Å². The normalized spacial score (nSPS) is 17.1. The van der Waals surface area contributed by atoms with Crippen molar-refractivity contribution >= 4 is 6.29 Å². The second-order valence-electron chi connectivity index (χ2n) is 6.13. The van der Waals surface area contributed by atoms with Gasteiger partial charge < -0.3 is 14.5 Å². The van der Waals surface area contributed by atoms with Gasteiger partial charge in [0.2, 0.25) is 0 Å². The van der Waals surface area contributed by atoms with Gasteiger partial charge in [-0.1, -0.05) is 0 Å². The van der Waals surface area contributed by atoms with Crippen molar-refractivity contribution in [3.8, 4) is 5.75 Å². The zero-order chi connectivity index (χ0) is 15.2. The van der Waals surface area contributed by atoms with Gasteiger partial charge in [0.25, 0.3) is 0 Å². The molecule has 4 heteroatoms. The lowest BCUT2D eigenvalue weighted by Crippen LogP contribution is -2.35. The summed E-state index contributed by atoms with van der Waals surface area (Å²) in [5.41, 5.74) is 1.79. The molecule has 1 aromatic carbocycles. The van der Waals surface area contributed by atoms with Gasteiger partial charge in [0.1, 0.15) is 12.0 Å². The Morgan fingerprint density at radius 2 is 2.10 bits per heavy atom. The highest BCUT2D eigenvalue weighted by Gasteiger charge is 2.18. The quantitative estimate of drug-likeness (QED) is 0.753. The number of methoxy groups -OCH3 is 1. The van der Waals surface area contributed by atoms with Gasteiger partial charge in [0.15, 0.2) is 0 Å². The Labute approximate surface area is 127 Å². The molecule has 1 saturated heterocycles. The molecule has 0 radical (unpaired) electrons. The Bertz CT molecular complexity index is 468. The average Bonchev–Trinajstić information content (AvgIpc) is 2.49. The molecule has 1 heterocycles. The van der Waals surface area contributed by atoms with Crippen LogP contribution in [0.15, 0.2) is 18.2 Å². The molecule has 0 saturated carbocycles. The average molecular weight is 290 g/mol. The Morgan fingerprint density at radius 1 is 1.38 bits per heavy atom. The van der Waals surface area contributed by atoms with Crippen LogP contribution in [0, 0.1) is 5.92 Å². The highest BCUT2D eigenvalue weighted by Crippen LogP contribution is 2.22. The van der Waals surface area contributed by atoms with Crippen LogP contribution in [0.5, 0.6) is 5.75 Å². The van der Waals surface area contributed by atoms with Crippen LogP contribution in [-0.2, 0) is 6.54 Å². The first-order chi connectivity index (χ1) is 10.1. The van der Waals surface area contributed by atoms with Gasteiger partial charge in [0.05, 0.1) is 7.11 Å². The maximum Gasteiger partial charge on any atom is 0.150 e. The number of carbonyl (C=O) groups is 1. The van der Waals surface area contributed by atoms with E-state index in [9.17, 15) is 4.79 Å². The Morgan fingerprint density at radius 3 is 2.71 bits per heavy atom. The summed E-state index contributed by atoms with van der Waals surface area (Å²) >= 11 is 0. The predicted molar refractivity (Wildman–Crippen MR) is 84.9 cm³/mol. The van der Waals surface area contributed by atoms with Gasteiger partial charge in [-0.05, 0) is 64.1 Å². The van der Waals surface area contributed by atoms with E-state index >= 15 is 0 Å². The molecule has 1 fully saturated rings. The minimum atomic E-state index is 0.707. The van der Waals surface area contributed by atoms with E-state index in [1.54, 1.807) is 13.2 Å². The minimum absolute atomic E-state index is 0.707. The molecule has 0 atom stereocenters. The number of carbonyl (C=O) groups excluding carboxylic acids is 1. The topological polar surface area (TPSA) is 32.8 Å². The molecular weight excluding hydrogens is 264 g/mol. The maximum absolute atomic E-state index is 10.9. The maximum atomic E-state index is 10.9. The van der Waals surface area contributed by atoms with Gasteiger partial charge in [-0.3, -0.25) is 4.79 Å². The molecule has 21 heavy (non-hydrogen) atoms. The Balaban J connectivity index is 1.95. The second-order valence-corrected chi connectivity index (χ2v) is 6.13. The van der Waals surface area contributed by atoms with Gasteiger partial charge in [-0.2, -0.15) is 0 Å². The van der Waals surface area contributed by atoms with E-state index < -0.39 is 0 Å². The Hall–Kier alpha value is -1.39. The standard InChI is InChI=1S/C17H26N2O2/c1-18-8-6-14(7-9-18)11-19(2)12-16-10-15(13-20)4-5-17(16)21-3/h4-5,10,13-14H,6-9,11-12H2,1-3H3. The molecule has 0 amide bonds. The summed E-state index contributed by atoms with van der Waals surface area (Å²) in [4.78, 5) is 15.7. The number of hydrogen-bond donors (Lipinski definition) is 0. The van der Waals surface area contributed by atoms with Crippen LogP contribution in [0.2, 0.25) is 0 Å². The number of piperidine rings is 1. The zero-order valence-corrected chi connectivity index (χ0v) is 13.3. The highest BCUT2D eigenvalue weighted by molar-refractivity contribution is 5.75. The number of ether oxygens (including phenoxy) is 1. The van der Waals surface area contributed by atoms with E-state index in [0.29, 0.717) is 5.56 Å². The molecule has 2 rings (SSSR count). The molecule has 0 bridgehead atoms. The number of aldehydes is 1. The third-order valence-electron chi connectivity index (χ3n) is 4.29. The van der Waals surface area contributed by atoms with Gasteiger partial charge >= 0.3 is 0 Å². The first-order valence-electron chi connectivity index (χ1n) is 7.61. The molecule has 0 unspecified atom stereocenters. The summed E-state index contributed by atoms with van der Waals surface area (Å²) in [6.07, 6.45) is 3.43. The van der Waals surface area contributed by atoms with Crippen LogP contribution < -0.4 is 4.74 Å². The smallest absolute Gasteiger partial charge is 0.150 e. The first-order valence-corrected chi connectivity index (χ1v) is 7.61. The summed E-state index contributed by atoms with van der Waals surface area (Å²) in [6, 6.07) is 5.60. The predicted octanol–water partition coefficient (Wildman–Crippen LogP) is 2.28. The third-order valence-corrected chi connectivity index (χ3v) is 4.29. The molecule has 116 valence electrons. The van der Waals surface area contributed by atoms with Gasteiger partial charge in [-0.25, -0.2) is 0 Å². The van der Waals surface area contributed by atoms with Crippen molar-refractivity contribution in [2.75, 3.05) is 40.8 Å². The lowest BCUT2D eigenvalue weighted by molar-refractivity contribution is 0.112. The lowest BCUT2D eigenvalue weighted by Gasteiger charge is -2.31. The van der Waals surface area contributed by atoms with E-state index in [1.807, 2.05) is 12.1 Å². The SMILES string of the molecule is COc1ccc(C=O)cc1CN(C)CC1CCN(C)CC1. The number of likely N-dealkylation sites (tertiary alicyclic amines) is 1. The molecule has 0 aromatic heterocycles. The fourth-order valence-corrected chi connectivity index (χ4v) is 3.04. The van der Waals surface area contributed by atoms with Crippen LogP contribution in [0.25, 0.3) is 0 Å². The summed E-state index contributed by atoms with van der Waals surface area (Å²) in [5, 5.41) is 0. The van der Waals surface area contributed by atoms with E-state index in [1.165, 1.54) is 25.9 Å². The van der Waals surface area contributed by atoms with E-state index in [2.05, 4.69) is 23.9 Å². The second kappa shape index (κ2) is 7.57. The number of rotatable bonds is 6. The molecule has 0 aliphatic carbocycles. The van der Waals surface area contributed by atoms with Crippen LogP contribution >= 0.6 is 0 Å². The van der Waals surface area contributed by atoms with Gasteiger partial charge in [-0.15, -0.1) is 0 Å². The summed E-state index contributed by atoms with van der Waals surface area (Å²) in [6.45, 7) is 4.31. The summed E-state index contributed by atoms with van der Waals surface area (Å²) in [5.74, 6) is 1.63. The van der Waals surface area contributed by atoms with Crippen molar-refractivity contribution in [2.24, 2.45) is 5.92 Å². The molecular formula is C17H26N2O2. The molecule has 1 aliphatic rings. The minimum Gasteiger partial charge on any atom is -0.496 e. The fraction of sp³-hybridized carbons (Fsp3) is 0.588. The van der Waals surface area contributed by atoms with Crippen molar-refractivity contribution in [3.05, 3.63) is 29.3 Å². The summed E-state index contributed by atoms with van der Waals surface area (Å²) < 4.78 is 5.40. The lowest BCUT2D eigenvalue weighted by atomic mass is 9.96. The van der Waals surface area contributed by atoms with Gasteiger partial charge in [0, 0.05) is 24.2 Å². The van der Waals surface area contributed by atoms with Crippen LogP contribution in [0.3, 0.4) is 0 Å². The molecule has 1 aliphatic heterocycles. The van der Waals surface area contributed by atoms with E-state index in [4.69, 9.17) is 4.74 Å². The van der Waals surface area contributed by atoms with Crippen molar-refractivity contribution in [3.63, 3.8) is 0 Å². The Kier molecular flexibility index (Phi) is 5.76. The third kappa shape index (κ3) is 4.55. The first kappa shape index (κ1) is 16.0. The largest absolute Gasteiger partial charge is 0.496 e. The molecule has 4 nitrogen and oxygen atoms in total. The number of hydrogen-bond acceptors (Lipinski definition) is 4. The van der Waals surface area contributed by atoms with Crippen LogP contribution in [0.4, 0.5) is 0 Å². The van der Waals surface area contributed by atoms with E-state index in [0.717, 1.165) is 36.6 Å². The van der Waals surface area contributed by atoms with Crippen molar-refractivity contribution < 1.29 is 9.53 Å². The van der Waals surface area contributed by atoms with Crippen LogP contribution in [-0.4, -0.2) is 56.9 Å².